The Morgan fingerprint density at radius 2 is 2.05 bits per heavy atom. The van der Waals surface area contributed by atoms with Gasteiger partial charge in [-0.3, -0.25) is 4.98 Å². The van der Waals surface area contributed by atoms with Gasteiger partial charge in [0.1, 0.15) is 11.9 Å². The predicted molar refractivity (Wildman–Crippen MR) is 82.4 cm³/mol. The number of rotatable bonds is 7. The van der Waals surface area contributed by atoms with Crippen molar-refractivity contribution in [3.8, 4) is 5.75 Å². The van der Waals surface area contributed by atoms with Gasteiger partial charge < -0.3 is 14.6 Å². The molecule has 0 radical (unpaired) electrons. The summed E-state index contributed by atoms with van der Waals surface area (Å²) in [5.74, 6) is 1.14. The van der Waals surface area contributed by atoms with E-state index in [-0.39, 0.29) is 6.10 Å². The molecule has 4 heteroatoms. The van der Waals surface area contributed by atoms with Gasteiger partial charge in [-0.15, -0.1) is 0 Å². The smallest absolute Gasteiger partial charge is 0.137 e. The summed E-state index contributed by atoms with van der Waals surface area (Å²) in [6.07, 6.45) is 9.57. The number of aromatic nitrogens is 1. The van der Waals surface area contributed by atoms with Crippen LogP contribution in [-0.4, -0.2) is 29.9 Å². The minimum absolute atomic E-state index is 0.159. The molecule has 1 aromatic heterocycles. The van der Waals surface area contributed by atoms with E-state index in [4.69, 9.17) is 9.47 Å². The number of aliphatic hydroxyl groups excluding tert-OH is 1. The highest BCUT2D eigenvalue weighted by molar-refractivity contribution is 5.26. The van der Waals surface area contributed by atoms with Gasteiger partial charge in [0.2, 0.25) is 0 Å². The number of hydrogen-bond donors (Lipinski definition) is 1. The van der Waals surface area contributed by atoms with Gasteiger partial charge in [0, 0.05) is 18.9 Å². The largest absolute Gasteiger partial charge is 0.492 e. The molecular weight excluding hydrogens is 266 g/mol. The van der Waals surface area contributed by atoms with Crippen molar-refractivity contribution in [1.82, 2.24) is 4.98 Å². The number of aliphatic hydroxyl groups is 1. The zero-order valence-corrected chi connectivity index (χ0v) is 13.1. The topological polar surface area (TPSA) is 51.6 Å². The average Bonchev–Trinajstić information content (AvgIpc) is 2.55. The Morgan fingerprint density at radius 3 is 2.71 bits per heavy atom. The Balaban J connectivity index is 2.07. The van der Waals surface area contributed by atoms with Crippen LogP contribution >= 0.6 is 0 Å². The van der Waals surface area contributed by atoms with Gasteiger partial charge in [-0.25, -0.2) is 0 Å². The molecule has 2 unspecified atom stereocenters. The van der Waals surface area contributed by atoms with E-state index >= 15 is 0 Å². The predicted octanol–water partition coefficient (Wildman–Crippen LogP) is 3.50. The molecule has 1 aliphatic rings. The maximum atomic E-state index is 10.7. The molecule has 0 amide bonds. The molecule has 0 aromatic carbocycles. The van der Waals surface area contributed by atoms with Crippen LogP contribution in [0.5, 0.6) is 5.75 Å². The normalized spacial score (nSPS) is 19.2. The van der Waals surface area contributed by atoms with E-state index in [1.54, 1.807) is 19.5 Å². The first-order chi connectivity index (χ1) is 10.3. The zero-order chi connectivity index (χ0) is 15.1. The van der Waals surface area contributed by atoms with Crippen LogP contribution in [0.15, 0.2) is 18.5 Å². The third-order valence-corrected chi connectivity index (χ3v) is 4.25. The minimum atomic E-state index is -0.643. The average molecular weight is 293 g/mol. The Hall–Kier alpha value is -1.13. The second kappa shape index (κ2) is 8.35. The van der Waals surface area contributed by atoms with Crippen molar-refractivity contribution in [3.05, 3.63) is 24.0 Å². The first kappa shape index (κ1) is 16.2. The second-order valence-electron chi connectivity index (χ2n) is 5.85. The van der Waals surface area contributed by atoms with Crippen LogP contribution in [0, 0.1) is 5.92 Å². The molecule has 4 nitrogen and oxygen atoms in total. The number of hydrogen-bond acceptors (Lipinski definition) is 4. The summed E-state index contributed by atoms with van der Waals surface area (Å²) in [4.78, 5) is 4.18. The Kier molecular flexibility index (Phi) is 6.46. The highest BCUT2D eigenvalue weighted by Crippen LogP contribution is 2.34. The van der Waals surface area contributed by atoms with Crippen LogP contribution in [0.25, 0.3) is 0 Å². The second-order valence-corrected chi connectivity index (χ2v) is 5.85. The van der Waals surface area contributed by atoms with Crippen molar-refractivity contribution in [2.75, 3.05) is 13.7 Å². The van der Waals surface area contributed by atoms with Gasteiger partial charge >= 0.3 is 0 Å². The summed E-state index contributed by atoms with van der Waals surface area (Å²) < 4.78 is 11.2. The molecule has 118 valence electrons. The molecule has 1 fully saturated rings. The van der Waals surface area contributed by atoms with E-state index < -0.39 is 6.10 Å². The SMILES string of the molecule is CCCOc1cncc(C(O)C(OC)C2CCCCC2)c1. The van der Waals surface area contributed by atoms with Gasteiger partial charge in [-0.1, -0.05) is 26.2 Å². The summed E-state index contributed by atoms with van der Waals surface area (Å²) in [7, 11) is 1.69. The first-order valence-corrected chi connectivity index (χ1v) is 8.04. The molecule has 1 aliphatic carbocycles. The lowest BCUT2D eigenvalue weighted by atomic mass is 9.82. The summed E-state index contributed by atoms with van der Waals surface area (Å²) in [5.41, 5.74) is 0.779. The summed E-state index contributed by atoms with van der Waals surface area (Å²) in [6.45, 7) is 2.73. The highest BCUT2D eigenvalue weighted by atomic mass is 16.5. The molecule has 1 N–H and O–H groups in total. The Morgan fingerprint density at radius 1 is 1.29 bits per heavy atom. The third kappa shape index (κ3) is 4.42. The van der Waals surface area contributed by atoms with E-state index in [1.165, 1.54) is 19.3 Å². The Labute approximate surface area is 127 Å². The van der Waals surface area contributed by atoms with Crippen molar-refractivity contribution >= 4 is 0 Å². The van der Waals surface area contributed by atoms with E-state index in [0.717, 1.165) is 24.8 Å². The van der Waals surface area contributed by atoms with Crippen LogP contribution in [0.1, 0.15) is 57.1 Å². The number of pyridine rings is 1. The fraction of sp³-hybridized carbons (Fsp3) is 0.706. The van der Waals surface area contributed by atoms with Gasteiger partial charge in [-0.2, -0.15) is 0 Å². The van der Waals surface area contributed by atoms with Gasteiger partial charge in [0.25, 0.3) is 0 Å². The standard InChI is InChI=1S/C17H27NO3/c1-3-9-21-15-10-14(11-18-12-15)16(19)17(20-2)13-7-5-4-6-8-13/h10-13,16-17,19H,3-9H2,1-2H3. The van der Waals surface area contributed by atoms with Gasteiger partial charge in [0.05, 0.1) is 18.9 Å². The van der Waals surface area contributed by atoms with Crippen LogP contribution in [0.4, 0.5) is 0 Å². The lowest BCUT2D eigenvalue weighted by Crippen LogP contribution is -2.31. The number of methoxy groups -OCH3 is 1. The van der Waals surface area contributed by atoms with Crippen molar-refractivity contribution in [2.24, 2.45) is 5.92 Å². The molecule has 0 saturated heterocycles. The Bertz CT molecular complexity index is 418. The van der Waals surface area contributed by atoms with E-state index in [2.05, 4.69) is 11.9 Å². The van der Waals surface area contributed by atoms with Crippen LogP contribution in [0.3, 0.4) is 0 Å². The van der Waals surface area contributed by atoms with Crippen LogP contribution < -0.4 is 4.74 Å². The molecular formula is C17H27NO3. The van der Waals surface area contributed by atoms with Crippen molar-refractivity contribution < 1.29 is 14.6 Å². The molecule has 2 atom stereocenters. The quantitative estimate of drug-likeness (QED) is 0.836. The molecule has 2 rings (SSSR count). The lowest BCUT2D eigenvalue weighted by Gasteiger charge is -2.32. The maximum absolute atomic E-state index is 10.7. The molecule has 0 spiro atoms. The van der Waals surface area contributed by atoms with Crippen molar-refractivity contribution in [1.29, 1.82) is 0 Å². The van der Waals surface area contributed by atoms with Crippen molar-refractivity contribution in [2.45, 2.75) is 57.7 Å². The highest BCUT2D eigenvalue weighted by Gasteiger charge is 2.30. The fourth-order valence-corrected chi connectivity index (χ4v) is 3.13. The van der Waals surface area contributed by atoms with E-state index in [9.17, 15) is 5.11 Å². The van der Waals surface area contributed by atoms with Crippen LogP contribution in [-0.2, 0) is 4.74 Å². The summed E-state index contributed by atoms with van der Waals surface area (Å²) >= 11 is 0. The molecule has 0 bridgehead atoms. The van der Waals surface area contributed by atoms with Crippen LogP contribution in [0.2, 0.25) is 0 Å². The van der Waals surface area contributed by atoms with Crippen molar-refractivity contribution in [3.63, 3.8) is 0 Å². The maximum Gasteiger partial charge on any atom is 0.137 e. The zero-order valence-electron chi connectivity index (χ0n) is 13.1. The number of ether oxygens (including phenoxy) is 2. The number of nitrogens with zero attached hydrogens (tertiary/aromatic N) is 1. The molecule has 1 aromatic rings. The molecule has 0 aliphatic heterocycles. The van der Waals surface area contributed by atoms with Gasteiger partial charge in [-0.05, 0) is 31.2 Å². The minimum Gasteiger partial charge on any atom is -0.492 e. The summed E-state index contributed by atoms with van der Waals surface area (Å²) in [6, 6.07) is 1.88. The van der Waals surface area contributed by atoms with E-state index in [1.807, 2.05) is 6.07 Å². The van der Waals surface area contributed by atoms with E-state index in [0.29, 0.717) is 18.3 Å². The van der Waals surface area contributed by atoms with Gasteiger partial charge in [0.15, 0.2) is 0 Å². The third-order valence-electron chi connectivity index (χ3n) is 4.25. The molecule has 1 saturated carbocycles. The molecule has 1 heterocycles. The lowest BCUT2D eigenvalue weighted by molar-refractivity contribution is -0.0561. The fourth-order valence-electron chi connectivity index (χ4n) is 3.13. The summed E-state index contributed by atoms with van der Waals surface area (Å²) in [5, 5.41) is 10.7. The first-order valence-electron chi connectivity index (χ1n) is 8.04. The monoisotopic (exact) mass is 293 g/mol. The molecule has 21 heavy (non-hydrogen) atoms.